The van der Waals surface area contributed by atoms with Crippen molar-refractivity contribution in [2.24, 2.45) is 0 Å². The molecule has 3 fully saturated rings. The van der Waals surface area contributed by atoms with E-state index in [0.717, 1.165) is 15.9 Å². The molecule has 9 aromatic rings. The van der Waals surface area contributed by atoms with Gasteiger partial charge in [-0.05, 0) is 92.9 Å². The van der Waals surface area contributed by atoms with Crippen LogP contribution < -0.4 is 33.7 Å². The highest BCUT2D eigenvalue weighted by Gasteiger charge is 2.62. The molecule has 0 amide bonds. The minimum Gasteiger partial charge on any atom is -0.459 e. The summed E-state index contributed by atoms with van der Waals surface area (Å²) in [6.45, 7) is 16.8. The number of benzene rings is 3. The van der Waals surface area contributed by atoms with E-state index in [2.05, 4.69) is 75.3 Å². The lowest BCUT2D eigenvalue weighted by Crippen LogP contribution is -2.65. The summed E-state index contributed by atoms with van der Waals surface area (Å²) in [5, 5.41) is 16.6. The van der Waals surface area contributed by atoms with Gasteiger partial charge in [-0.1, -0.05) is 110 Å². The molecule has 3 aliphatic rings. The topological polar surface area (TPSA) is 321 Å². The van der Waals surface area contributed by atoms with Crippen molar-refractivity contribution in [1.29, 1.82) is 0 Å². The van der Waals surface area contributed by atoms with E-state index in [-0.39, 0.29) is 61.2 Å². The molecule has 24 nitrogen and oxygen atoms in total. The van der Waals surface area contributed by atoms with Crippen LogP contribution in [0.25, 0.3) is 30.6 Å². The van der Waals surface area contributed by atoms with Crippen LogP contribution in [0, 0.1) is 0 Å². The third-order valence-electron chi connectivity index (χ3n) is 15.8. The number of aliphatic hydroxyl groups excluding tert-OH is 1. The number of nitrogens with one attached hydrogen (secondary N) is 4. The minimum atomic E-state index is -2.95. The molecule has 3 saturated heterocycles. The molecule has 3 aliphatic heterocycles. The number of aromatic nitrogens is 6. The third kappa shape index (κ3) is 13.1. The molecule has 6 aromatic heterocycles. The zero-order valence-electron chi connectivity index (χ0n) is 50.0. The fraction of sp³-hybridized carbons (Fsp3) is 0.361. The summed E-state index contributed by atoms with van der Waals surface area (Å²) in [6, 6.07) is 29.5. The summed E-state index contributed by atoms with van der Waals surface area (Å²) in [4.78, 5) is 121. The molecule has 0 bridgehead atoms. The van der Waals surface area contributed by atoms with Gasteiger partial charge in [0.05, 0.1) is 39.8 Å². The Hall–Kier alpha value is -7.82. The normalized spacial score (nSPS) is 21.9. The zero-order valence-corrected chi connectivity index (χ0v) is 54.4. The van der Waals surface area contributed by atoms with Crippen LogP contribution in [0.4, 0.5) is 0 Å². The predicted molar refractivity (Wildman–Crippen MR) is 342 cm³/mol. The molecular formula is C61H66N6O18S3Si2. The van der Waals surface area contributed by atoms with Gasteiger partial charge in [0.25, 0.3) is 16.7 Å². The maximum Gasteiger partial charge on any atom is 0.338 e. The van der Waals surface area contributed by atoms with E-state index in [0.29, 0.717) is 20.4 Å². The van der Waals surface area contributed by atoms with Crippen molar-refractivity contribution in [1.82, 2.24) is 29.1 Å². The molecule has 8 atom stereocenters. The maximum atomic E-state index is 13.3. The SMILES string of the molecule is CC(C)[Si]1(C(C)C)OC[C@H]2O[C@@H](n3c(=O)[nH]c(=O)c4sccc43)C(O)C2O[Si](C(C)C)(C(C)C)O1.O=C(OC[C@H]1O[C@@H](n2c(=O)[nH]c(=O)c3sccc32)C(OC(=O)c2ccccc2)C1OC(=O)c1ccccc1)c1ccccc1.O=c1[nH]c(=O)c2sccc2[nH]1. The summed E-state index contributed by atoms with van der Waals surface area (Å²) in [6.07, 6.45) is -8.77. The second-order valence-electron chi connectivity index (χ2n) is 22.7. The Morgan fingerprint density at radius 3 is 1.52 bits per heavy atom. The maximum absolute atomic E-state index is 13.3. The van der Waals surface area contributed by atoms with E-state index in [4.69, 9.17) is 36.7 Å². The molecular weight excluding hydrogens is 1260 g/mol. The lowest BCUT2D eigenvalue weighted by Gasteiger charge is -2.51. The summed E-state index contributed by atoms with van der Waals surface area (Å²) in [7, 11) is -5.70. The molecule has 9 heterocycles. The summed E-state index contributed by atoms with van der Waals surface area (Å²) in [5.74, 6) is -2.19. The van der Waals surface area contributed by atoms with Crippen molar-refractivity contribution in [3.8, 4) is 0 Å². The first-order valence-electron chi connectivity index (χ1n) is 28.9. The number of nitrogens with zero attached hydrogens (tertiary/aromatic N) is 2. The zero-order chi connectivity index (χ0) is 64.3. The summed E-state index contributed by atoms with van der Waals surface area (Å²) >= 11 is 3.65. The van der Waals surface area contributed by atoms with Gasteiger partial charge in [0.1, 0.15) is 45.1 Å². The van der Waals surface area contributed by atoms with Crippen LogP contribution in [0.15, 0.2) is 154 Å². The van der Waals surface area contributed by atoms with Crippen LogP contribution in [0.3, 0.4) is 0 Å². The number of esters is 3. The van der Waals surface area contributed by atoms with Crippen LogP contribution >= 0.6 is 34.0 Å². The minimum absolute atomic E-state index is 0.0971. The van der Waals surface area contributed by atoms with Crippen molar-refractivity contribution >= 4 is 99.7 Å². The Labute approximate surface area is 526 Å². The molecule has 5 N–H and O–H groups in total. The van der Waals surface area contributed by atoms with Gasteiger partial charge in [-0.2, -0.15) is 0 Å². The lowest BCUT2D eigenvalue weighted by molar-refractivity contribution is -0.0620. The average molecular weight is 1320 g/mol. The van der Waals surface area contributed by atoms with Crippen LogP contribution in [0.1, 0.15) is 98.9 Å². The van der Waals surface area contributed by atoms with E-state index in [1.807, 2.05) is 0 Å². The Morgan fingerprint density at radius 1 is 0.556 bits per heavy atom. The Balaban J connectivity index is 0.000000172. The molecule has 12 rings (SSSR count). The Bertz CT molecular complexity index is 4390. The molecule has 0 spiro atoms. The van der Waals surface area contributed by atoms with Crippen molar-refractivity contribution in [2.45, 2.75) is 127 Å². The third-order valence-corrected chi connectivity index (χ3v) is 28.7. The fourth-order valence-corrected chi connectivity index (χ4v) is 24.9. The molecule has 4 unspecified atom stereocenters. The van der Waals surface area contributed by atoms with Gasteiger partial charge in [-0.25, -0.2) is 28.8 Å². The number of hydrogen-bond acceptors (Lipinski definition) is 21. The van der Waals surface area contributed by atoms with Crippen LogP contribution in [0.2, 0.25) is 22.2 Å². The van der Waals surface area contributed by atoms with Crippen molar-refractivity contribution < 1.29 is 56.1 Å². The quantitative estimate of drug-likeness (QED) is 0.0412. The number of ether oxygens (including phenoxy) is 5. The largest absolute Gasteiger partial charge is 0.459 e. The number of aliphatic hydroxyl groups is 1. The smallest absolute Gasteiger partial charge is 0.338 e. The molecule has 0 aliphatic carbocycles. The second-order valence-corrected chi connectivity index (χ2v) is 34.3. The van der Waals surface area contributed by atoms with Crippen molar-refractivity contribution in [2.75, 3.05) is 13.2 Å². The van der Waals surface area contributed by atoms with Crippen LogP contribution in [-0.4, -0.2) is 119 Å². The first kappa shape index (κ1) is 65.1. The number of thiophene rings is 3. The summed E-state index contributed by atoms with van der Waals surface area (Å²) < 4.78 is 54.4. The molecule has 90 heavy (non-hydrogen) atoms. The molecule has 29 heteroatoms. The molecule has 0 saturated carbocycles. The van der Waals surface area contributed by atoms with Crippen molar-refractivity contribution in [3.05, 3.63) is 205 Å². The molecule has 0 radical (unpaired) electrons. The number of fused-ring (bicyclic) bond motifs is 4. The fourth-order valence-electron chi connectivity index (χ4n) is 11.4. The highest BCUT2D eigenvalue weighted by atomic mass is 32.1. The Morgan fingerprint density at radius 2 is 1.01 bits per heavy atom. The highest BCUT2D eigenvalue weighted by Crippen LogP contribution is 2.49. The van der Waals surface area contributed by atoms with E-state index >= 15 is 0 Å². The number of aromatic amines is 4. The van der Waals surface area contributed by atoms with E-state index < -0.39 is 119 Å². The average Bonchev–Trinajstić information content (AvgIpc) is 1.60. The van der Waals surface area contributed by atoms with E-state index in [1.165, 1.54) is 27.2 Å². The predicted octanol–water partition coefficient (Wildman–Crippen LogP) is 8.20. The number of carbonyl (C=O) groups excluding carboxylic acids is 3. The van der Waals surface area contributed by atoms with Gasteiger partial charge >= 0.3 is 52.1 Å². The number of carbonyl (C=O) groups is 3. The van der Waals surface area contributed by atoms with Gasteiger partial charge < -0.3 is 46.7 Å². The number of rotatable bonds is 13. The van der Waals surface area contributed by atoms with E-state index in [1.54, 1.807) is 125 Å². The molecule has 3 aromatic carbocycles. The van der Waals surface area contributed by atoms with Gasteiger partial charge in [0.15, 0.2) is 24.7 Å². The van der Waals surface area contributed by atoms with Crippen LogP contribution in [-0.2, 0) is 36.7 Å². The van der Waals surface area contributed by atoms with Crippen molar-refractivity contribution in [3.63, 3.8) is 0 Å². The van der Waals surface area contributed by atoms with Gasteiger partial charge in [-0.15, -0.1) is 34.0 Å². The number of H-pyrrole nitrogens is 4. The Kier molecular flexibility index (Phi) is 19.8. The van der Waals surface area contributed by atoms with Gasteiger partial charge in [0.2, 0.25) is 0 Å². The monoisotopic (exact) mass is 1320 g/mol. The second kappa shape index (κ2) is 27.3. The molecule has 474 valence electrons. The highest BCUT2D eigenvalue weighted by molar-refractivity contribution is 7.17. The lowest BCUT2D eigenvalue weighted by atomic mass is 10.1. The van der Waals surface area contributed by atoms with E-state index in [9.17, 15) is 48.3 Å². The summed E-state index contributed by atoms with van der Waals surface area (Å²) in [5.41, 5.74) is -0.755. The number of hydrogen-bond donors (Lipinski definition) is 5. The van der Waals surface area contributed by atoms with Gasteiger partial charge in [-0.3, -0.25) is 38.5 Å². The van der Waals surface area contributed by atoms with Gasteiger partial charge in [0, 0.05) is 0 Å². The van der Waals surface area contributed by atoms with Crippen LogP contribution in [0.5, 0.6) is 0 Å². The first-order chi connectivity index (χ1) is 43.0. The first-order valence-corrected chi connectivity index (χ1v) is 35.5. The standard InChI is InChI=1S/C32H24N2O9S.C23H38N2O7SSi2.C6H4N2O2S/c35-27-26-22(16-17-44-26)34(32(39)33-27)28-25(43-31(38)21-14-8-3-9-15-21)24(42-30(37)20-12-6-2-7-13-20)23(41-28)18-40-29(36)19-10-4-1-5-11-19;1-12(2)34(13(3)4)29-11-17-19(31-35(32-34,14(5)6)15(7)8)18(26)22(30-17)25-16-9-10-33-20(16)21(27)24-23(25)28;9-5-4-3(1-2-11-4)7-6(10)8-5/h1-17,23-25,28H,18H2,(H,33,35,39);9-10,12-15,17-19,22,26H,11H2,1-8H3,(H,24,27,28);1-2H,(H2,7,8,9,10)/t23-,24?,25?,28-;17-,18?,19?,22-;/m11./s1.